The third-order valence-electron chi connectivity index (χ3n) is 4.80. The monoisotopic (exact) mass is 385 g/mol. The highest BCUT2D eigenvalue weighted by Gasteiger charge is 2.26. The number of carboxylic acids is 1. The first-order valence-electron chi connectivity index (χ1n) is 8.69. The zero-order valence-electron chi connectivity index (χ0n) is 14.8. The summed E-state index contributed by atoms with van der Waals surface area (Å²) in [6.45, 7) is 3.17. The molecule has 0 aromatic carbocycles. The van der Waals surface area contributed by atoms with E-state index in [0.29, 0.717) is 18.8 Å². The van der Waals surface area contributed by atoms with E-state index in [0.717, 1.165) is 29.1 Å². The summed E-state index contributed by atoms with van der Waals surface area (Å²) in [5, 5.41) is 16.1. The molecule has 0 atom stereocenters. The van der Waals surface area contributed by atoms with Crippen LogP contribution < -0.4 is 0 Å². The van der Waals surface area contributed by atoms with Gasteiger partial charge in [0.05, 0.1) is 28.5 Å². The molecule has 0 unspecified atom stereocenters. The van der Waals surface area contributed by atoms with Crippen molar-refractivity contribution in [1.29, 1.82) is 0 Å². The van der Waals surface area contributed by atoms with Gasteiger partial charge >= 0.3 is 5.97 Å². The summed E-state index contributed by atoms with van der Waals surface area (Å²) in [5.41, 5.74) is 2.53. The first kappa shape index (κ1) is 17.5. The SMILES string of the molecule is Cc1nc(-c2c[nH]c(C(=O)N3CCC(n4cc(C(=O)O)cn4)CC3)c2)cs1. The Bertz CT molecular complexity index is 981. The van der Waals surface area contributed by atoms with Crippen LogP contribution in [0.25, 0.3) is 11.3 Å². The van der Waals surface area contributed by atoms with Gasteiger partial charge in [0, 0.05) is 36.4 Å². The molecule has 0 aliphatic carbocycles. The average molecular weight is 385 g/mol. The highest BCUT2D eigenvalue weighted by molar-refractivity contribution is 7.09. The summed E-state index contributed by atoms with van der Waals surface area (Å²) >= 11 is 1.58. The highest BCUT2D eigenvalue weighted by atomic mass is 32.1. The number of nitrogens with zero attached hydrogens (tertiary/aromatic N) is 4. The van der Waals surface area contributed by atoms with E-state index in [1.807, 2.05) is 29.5 Å². The van der Waals surface area contributed by atoms with Crippen molar-refractivity contribution in [3.8, 4) is 11.3 Å². The number of thiazole rings is 1. The molecule has 1 aliphatic rings. The maximum absolute atomic E-state index is 12.8. The lowest BCUT2D eigenvalue weighted by molar-refractivity contribution is 0.0683. The number of carbonyl (C=O) groups excluding carboxylic acids is 1. The molecule has 140 valence electrons. The number of amides is 1. The molecule has 0 radical (unpaired) electrons. The van der Waals surface area contributed by atoms with Crippen LogP contribution in [-0.4, -0.2) is 54.7 Å². The second-order valence-electron chi connectivity index (χ2n) is 6.59. The number of hydrogen-bond acceptors (Lipinski definition) is 5. The van der Waals surface area contributed by atoms with Crippen molar-refractivity contribution in [3.63, 3.8) is 0 Å². The van der Waals surface area contributed by atoms with E-state index in [4.69, 9.17) is 5.11 Å². The average Bonchev–Trinajstić information content (AvgIpc) is 3.41. The van der Waals surface area contributed by atoms with Crippen molar-refractivity contribution in [2.24, 2.45) is 0 Å². The van der Waals surface area contributed by atoms with Crippen LogP contribution in [0.1, 0.15) is 44.7 Å². The van der Waals surface area contributed by atoms with Crippen molar-refractivity contribution in [2.45, 2.75) is 25.8 Å². The molecule has 3 aromatic rings. The Hall–Kier alpha value is -2.94. The van der Waals surface area contributed by atoms with Crippen molar-refractivity contribution >= 4 is 23.2 Å². The van der Waals surface area contributed by atoms with E-state index in [9.17, 15) is 9.59 Å². The van der Waals surface area contributed by atoms with E-state index in [1.54, 1.807) is 22.2 Å². The molecule has 0 saturated carbocycles. The molecule has 0 spiro atoms. The Kier molecular flexibility index (Phi) is 4.53. The minimum absolute atomic E-state index is 0.0293. The second-order valence-corrected chi connectivity index (χ2v) is 7.65. The van der Waals surface area contributed by atoms with E-state index in [1.165, 1.54) is 6.20 Å². The summed E-state index contributed by atoms with van der Waals surface area (Å²) in [6, 6.07) is 1.95. The van der Waals surface area contributed by atoms with Crippen LogP contribution in [0.4, 0.5) is 0 Å². The lowest BCUT2D eigenvalue weighted by Crippen LogP contribution is -2.39. The van der Waals surface area contributed by atoms with Crippen LogP contribution in [0.2, 0.25) is 0 Å². The van der Waals surface area contributed by atoms with Gasteiger partial charge in [-0.1, -0.05) is 0 Å². The summed E-state index contributed by atoms with van der Waals surface area (Å²) in [6.07, 6.45) is 6.21. The zero-order valence-corrected chi connectivity index (χ0v) is 15.6. The Morgan fingerprint density at radius 2 is 2.11 bits per heavy atom. The lowest BCUT2D eigenvalue weighted by Gasteiger charge is -2.31. The number of carboxylic acid groups (broad SMARTS) is 1. The number of hydrogen-bond donors (Lipinski definition) is 2. The van der Waals surface area contributed by atoms with Crippen LogP contribution in [0.3, 0.4) is 0 Å². The first-order chi connectivity index (χ1) is 13.0. The van der Waals surface area contributed by atoms with Gasteiger partial charge in [-0.3, -0.25) is 9.48 Å². The number of nitrogens with one attached hydrogen (secondary N) is 1. The number of aromatic amines is 1. The molecular formula is C18H19N5O3S. The fourth-order valence-corrected chi connectivity index (χ4v) is 3.94. The number of aryl methyl sites for hydroxylation is 1. The van der Waals surface area contributed by atoms with Gasteiger partial charge in [0.1, 0.15) is 5.69 Å². The standard InChI is InChI=1S/C18H19N5O3S/c1-11-21-16(10-27-11)12-6-15(19-7-12)17(24)22-4-2-14(3-5-22)23-9-13(8-20-23)18(25)26/h6-10,14,19H,2-5H2,1H3,(H,25,26). The van der Waals surface area contributed by atoms with Crippen LogP contribution in [-0.2, 0) is 0 Å². The molecule has 4 heterocycles. The zero-order chi connectivity index (χ0) is 19.0. The number of rotatable bonds is 4. The normalized spacial score (nSPS) is 15.2. The van der Waals surface area contributed by atoms with Crippen molar-refractivity contribution < 1.29 is 14.7 Å². The van der Waals surface area contributed by atoms with Gasteiger partial charge in [-0.2, -0.15) is 5.10 Å². The van der Waals surface area contributed by atoms with Crippen molar-refractivity contribution in [3.05, 3.63) is 46.3 Å². The van der Waals surface area contributed by atoms with Gasteiger partial charge in [-0.15, -0.1) is 11.3 Å². The Labute approximate surface area is 159 Å². The first-order valence-corrected chi connectivity index (χ1v) is 9.57. The molecule has 1 saturated heterocycles. The number of aromatic carboxylic acids is 1. The van der Waals surface area contributed by atoms with E-state index < -0.39 is 5.97 Å². The molecule has 0 bridgehead atoms. The topological polar surface area (TPSA) is 104 Å². The molecule has 27 heavy (non-hydrogen) atoms. The van der Waals surface area contributed by atoms with Crippen LogP contribution in [0.15, 0.2) is 30.0 Å². The third kappa shape index (κ3) is 3.50. The molecule has 1 amide bonds. The molecule has 4 rings (SSSR count). The molecule has 9 heteroatoms. The maximum atomic E-state index is 12.8. The summed E-state index contributed by atoms with van der Waals surface area (Å²) in [4.78, 5) is 33.1. The Balaban J connectivity index is 1.40. The van der Waals surface area contributed by atoms with E-state index >= 15 is 0 Å². The smallest absolute Gasteiger partial charge is 0.338 e. The van der Waals surface area contributed by atoms with Gasteiger partial charge in [0.25, 0.3) is 5.91 Å². The van der Waals surface area contributed by atoms with Gasteiger partial charge in [-0.25, -0.2) is 9.78 Å². The minimum Gasteiger partial charge on any atom is -0.478 e. The van der Waals surface area contributed by atoms with E-state index in [2.05, 4.69) is 15.1 Å². The molecule has 1 fully saturated rings. The van der Waals surface area contributed by atoms with Crippen molar-refractivity contribution in [2.75, 3.05) is 13.1 Å². The Morgan fingerprint density at radius 1 is 1.33 bits per heavy atom. The van der Waals surface area contributed by atoms with Gasteiger partial charge in [0.15, 0.2) is 0 Å². The van der Waals surface area contributed by atoms with E-state index in [-0.39, 0.29) is 17.5 Å². The number of aromatic nitrogens is 4. The fraction of sp³-hybridized carbons (Fsp3) is 0.333. The number of carbonyl (C=O) groups is 2. The second kappa shape index (κ2) is 6.99. The predicted octanol–water partition coefficient (Wildman–Crippen LogP) is 2.82. The van der Waals surface area contributed by atoms with Crippen LogP contribution in [0.5, 0.6) is 0 Å². The molecule has 2 N–H and O–H groups in total. The number of piperidine rings is 1. The van der Waals surface area contributed by atoms with Crippen LogP contribution in [0, 0.1) is 6.92 Å². The highest BCUT2D eigenvalue weighted by Crippen LogP contribution is 2.25. The van der Waals surface area contributed by atoms with Gasteiger partial charge < -0.3 is 15.0 Å². The maximum Gasteiger partial charge on any atom is 0.338 e. The minimum atomic E-state index is -0.980. The number of H-pyrrole nitrogens is 1. The molecule has 3 aromatic heterocycles. The molecule has 8 nitrogen and oxygen atoms in total. The summed E-state index contributed by atoms with van der Waals surface area (Å²) in [7, 11) is 0. The van der Waals surface area contributed by atoms with Crippen LogP contribution >= 0.6 is 11.3 Å². The Morgan fingerprint density at radius 3 is 2.74 bits per heavy atom. The third-order valence-corrected chi connectivity index (χ3v) is 5.58. The van der Waals surface area contributed by atoms with Gasteiger partial charge in [-0.05, 0) is 25.8 Å². The predicted molar refractivity (Wildman–Crippen MR) is 100.0 cm³/mol. The molecular weight excluding hydrogens is 366 g/mol. The largest absolute Gasteiger partial charge is 0.478 e. The quantitative estimate of drug-likeness (QED) is 0.719. The lowest BCUT2D eigenvalue weighted by atomic mass is 10.0. The number of likely N-dealkylation sites (tertiary alicyclic amines) is 1. The fourth-order valence-electron chi connectivity index (χ4n) is 3.31. The summed E-state index contributed by atoms with van der Waals surface area (Å²) < 4.78 is 1.70. The van der Waals surface area contributed by atoms with Gasteiger partial charge in [0.2, 0.25) is 0 Å². The molecule has 1 aliphatic heterocycles. The summed E-state index contributed by atoms with van der Waals surface area (Å²) in [5.74, 6) is -1.01. The van der Waals surface area contributed by atoms with Crippen molar-refractivity contribution in [1.82, 2.24) is 24.6 Å².